The van der Waals surface area contributed by atoms with Gasteiger partial charge in [-0.25, -0.2) is 4.79 Å². The minimum absolute atomic E-state index is 0.0306. The van der Waals surface area contributed by atoms with Crippen LogP contribution in [0.1, 0.15) is 75.8 Å². The predicted octanol–water partition coefficient (Wildman–Crippen LogP) is 3.77. The number of aliphatic carboxylic acids is 1. The molecule has 1 amide bonds. The highest BCUT2D eigenvalue weighted by Crippen LogP contribution is 2.48. The summed E-state index contributed by atoms with van der Waals surface area (Å²) in [6, 6.07) is 5.81. The lowest BCUT2D eigenvalue weighted by atomic mass is 9.73. The Morgan fingerprint density at radius 3 is 2.65 bits per heavy atom. The molecule has 0 aromatic heterocycles. The fraction of sp³-hybridized carbons (Fsp3) is 0.710. The number of benzene rings is 1. The van der Waals surface area contributed by atoms with Crippen molar-refractivity contribution >= 4 is 17.8 Å². The second kappa shape index (κ2) is 14.8. The lowest BCUT2D eigenvalue weighted by Gasteiger charge is -2.32. The summed E-state index contributed by atoms with van der Waals surface area (Å²) in [6.45, 7) is 3.99. The van der Waals surface area contributed by atoms with E-state index in [1.54, 1.807) is 4.90 Å². The molecule has 3 aliphatic rings. The third-order valence-electron chi connectivity index (χ3n) is 8.85. The summed E-state index contributed by atoms with van der Waals surface area (Å²) in [5.41, 5.74) is 2.23. The van der Waals surface area contributed by atoms with Crippen LogP contribution in [0, 0.1) is 17.8 Å². The van der Waals surface area contributed by atoms with E-state index in [0.29, 0.717) is 56.7 Å². The molecule has 5 atom stereocenters. The van der Waals surface area contributed by atoms with Crippen molar-refractivity contribution in [2.24, 2.45) is 17.8 Å². The highest BCUT2D eigenvalue weighted by molar-refractivity contribution is 5.81. The number of esters is 1. The molecule has 0 radical (unpaired) electrons. The Balaban J connectivity index is 1.32. The van der Waals surface area contributed by atoms with E-state index < -0.39 is 12.1 Å². The molecular weight excluding hydrogens is 514 g/mol. The number of hydrogen-bond acceptors (Lipinski definition) is 7. The number of aliphatic hydroxyl groups excluding tert-OH is 1. The first-order valence-corrected chi connectivity index (χ1v) is 15.0. The van der Waals surface area contributed by atoms with Crippen molar-refractivity contribution in [1.29, 1.82) is 0 Å². The molecule has 2 fully saturated rings. The number of amides is 1. The zero-order valence-electron chi connectivity index (χ0n) is 23.7. The van der Waals surface area contributed by atoms with Crippen LogP contribution in [0.2, 0.25) is 0 Å². The first kappa shape index (κ1) is 30.3. The Morgan fingerprint density at radius 1 is 1.10 bits per heavy atom. The normalized spacial score (nSPS) is 24.6. The van der Waals surface area contributed by atoms with E-state index in [4.69, 9.17) is 19.3 Å². The van der Waals surface area contributed by atoms with Gasteiger partial charge in [0.1, 0.15) is 11.9 Å². The van der Waals surface area contributed by atoms with E-state index in [0.717, 1.165) is 50.5 Å². The number of rotatable bonds is 14. The predicted molar refractivity (Wildman–Crippen MR) is 148 cm³/mol. The van der Waals surface area contributed by atoms with Gasteiger partial charge < -0.3 is 29.3 Å². The van der Waals surface area contributed by atoms with Gasteiger partial charge in [-0.1, -0.05) is 31.9 Å². The second-order valence-corrected chi connectivity index (χ2v) is 11.6. The molecular formula is C31H45NO8. The van der Waals surface area contributed by atoms with Crippen molar-refractivity contribution < 1.29 is 38.8 Å². The Hall–Kier alpha value is -2.65. The van der Waals surface area contributed by atoms with Gasteiger partial charge in [-0.05, 0) is 79.9 Å². The Kier molecular flexibility index (Phi) is 11.2. The van der Waals surface area contributed by atoms with E-state index in [1.807, 2.05) is 12.1 Å². The van der Waals surface area contributed by atoms with Crippen molar-refractivity contribution in [2.75, 3.05) is 32.9 Å². The molecule has 4 rings (SSSR count). The third kappa shape index (κ3) is 8.19. The average Bonchev–Trinajstić information content (AvgIpc) is 3.26. The molecule has 0 unspecified atom stereocenters. The van der Waals surface area contributed by atoms with E-state index in [9.17, 15) is 19.5 Å². The van der Waals surface area contributed by atoms with Crippen LogP contribution >= 0.6 is 0 Å². The van der Waals surface area contributed by atoms with Gasteiger partial charge in [0.05, 0.1) is 25.7 Å². The monoisotopic (exact) mass is 559 g/mol. The van der Waals surface area contributed by atoms with Crippen LogP contribution in [-0.4, -0.2) is 78.1 Å². The minimum Gasteiger partial charge on any atom is -0.482 e. The third-order valence-corrected chi connectivity index (χ3v) is 8.85. The summed E-state index contributed by atoms with van der Waals surface area (Å²) in [7, 11) is 0. The summed E-state index contributed by atoms with van der Waals surface area (Å²) in [4.78, 5) is 37.9. The molecule has 1 aromatic carbocycles. The van der Waals surface area contributed by atoms with Crippen LogP contribution in [0.4, 0.5) is 0 Å². The lowest BCUT2D eigenvalue weighted by molar-refractivity contribution is -0.152. The summed E-state index contributed by atoms with van der Waals surface area (Å²) < 4.78 is 16.8. The number of carbonyl (C=O) groups excluding carboxylic acids is 2. The summed E-state index contributed by atoms with van der Waals surface area (Å²) in [5.74, 6) is 0.0408. The van der Waals surface area contributed by atoms with Crippen LogP contribution in [0.15, 0.2) is 18.2 Å². The van der Waals surface area contributed by atoms with Crippen molar-refractivity contribution in [1.82, 2.24) is 4.90 Å². The molecule has 1 saturated carbocycles. The fourth-order valence-corrected chi connectivity index (χ4v) is 6.77. The van der Waals surface area contributed by atoms with Gasteiger partial charge in [0.2, 0.25) is 5.91 Å². The van der Waals surface area contributed by atoms with Crippen molar-refractivity contribution in [2.45, 2.75) is 89.8 Å². The van der Waals surface area contributed by atoms with Crippen LogP contribution in [0.5, 0.6) is 5.75 Å². The maximum absolute atomic E-state index is 12.7. The maximum Gasteiger partial charge on any atom is 0.341 e. The highest BCUT2D eigenvalue weighted by atomic mass is 16.5. The van der Waals surface area contributed by atoms with Gasteiger partial charge in [0.15, 0.2) is 6.61 Å². The largest absolute Gasteiger partial charge is 0.482 e. The summed E-state index contributed by atoms with van der Waals surface area (Å²) in [5, 5.41) is 20.1. The van der Waals surface area contributed by atoms with Crippen LogP contribution < -0.4 is 4.74 Å². The first-order valence-electron chi connectivity index (χ1n) is 15.0. The van der Waals surface area contributed by atoms with E-state index in [2.05, 4.69) is 13.0 Å². The van der Waals surface area contributed by atoms with Gasteiger partial charge in [0, 0.05) is 19.5 Å². The van der Waals surface area contributed by atoms with E-state index >= 15 is 0 Å². The second-order valence-electron chi connectivity index (χ2n) is 11.6. The molecule has 0 spiro atoms. The standard InChI is InChI=1S/C31H45NO8/c1-2-3-4-7-23(40-31(37)12-11-29(34)32-13-15-38-16-14-32)9-10-24-25-17-21-6-5-8-28(39-20-30(35)36)26(21)18-22(25)19-27(24)33/h5-6,8,22-25,27,33H,2-4,7,9-20H2,1H3,(H,35,36)/t22-,23-,24+,25-,27+/m0/s1. The number of carboxylic acids is 1. The first-order chi connectivity index (χ1) is 19.4. The molecule has 1 heterocycles. The fourth-order valence-electron chi connectivity index (χ4n) is 6.77. The molecule has 9 heteroatoms. The lowest BCUT2D eigenvalue weighted by Crippen LogP contribution is -2.40. The smallest absolute Gasteiger partial charge is 0.341 e. The van der Waals surface area contributed by atoms with Crippen molar-refractivity contribution in [3.8, 4) is 5.75 Å². The quantitative estimate of drug-likeness (QED) is 0.261. The molecule has 1 aromatic rings. The molecule has 0 bridgehead atoms. The Bertz CT molecular complexity index is 1010. The zero-order chi connectivity index (χ0) is 28.5. The maximum atomic E-state index is 12.7. The van der Waals surface area contributed by atoms with E-state index in [-0.39, 0.29) is 43.3 Å². The SMILES string of the molecule is CCCCC[C@@H](CC[C@@H]1[C@H]2Cc3cccc(OCC(=O)O)c3C[C@H]2C[C@H]1O)OC(=O)CCC(=O)N1CCOCC1. The van der Waals surface area contributed by atoms with Crippen molar-refractivity contribution in [3.63, 3.8) is 0 Å². The molecule has 2 N–H and O–H groups in total. The van der Waals surface area contributed by atoms with Gasteiger partial charge in [0.25, 0.3) is 0 Å². The van der Waals surface area contributed by atoms with Gasteiger partial charge in [-0.3, -0.25) is 9.59 Å². The van der Waals surface area contributed by atoms with Crippen molar-refractivity contribution in [3.05, 3.63) is 29.3 Å². The summed E-state index contributed by atoms with van der Waals surface area (Å²) in [6.07, 6.45) is 7.34. The van der Waals surface area contributed by atoms with Gasteiger partial charge in [-0.2, -0.15) is 0 Å². The minimum atomic E-state index is -1.000. The molecule has 222 valence electrons. The molecule has 9 nitrogen and oxygen atoms in total. The average molecular weight is 560 g/mol. The molecule has 2 aliphatic carbocycles. The Labute approximate surface area is 237 Å². The number of unbranched alkanes of at least 4 members (excludes halogenated alkanes) is 2. The highest BCUT2D eigenvalue weighted by Gasteiger charge is 2.45. The number of hydrogen-bond donors (Lipinski definition) is 2. The number of aliphatic hydroxyl groups is 1. The van der Waals surface area contributed by atoms with Crippen LogP contribution in [0.3, 0.4) is 0 Å². The topological polar surface area (TPSA) is 123 Å². The number of carboxylic acid groups (broad SMARTS) is 1. The molecule has 1 saturated heterocycles. The number of carbonyl (C=O) groups is 3. The number of morpholine rings is 1. The molecule has 1 aliphatic heterocycles. The van der Waals surface area contributed by atoms with Crippen LogP contribution in [0.25, 0.3) is 0 Å². The van der Waals surface area contributed by atoms with E-state index in [1.165, 1.54) is 5.56 Å². The zero-order valence-corrected chi connectivity index (χ0v) is 23.7. The number of ether oxygens (including phenoxy) is 3. The summed E-state index contributed by atoms with van der Waals surface area (Å²) >= 11 is 0. The number of fused-ring (bicyclic) bond motifs is 2. The van der Waals surface area contributed by atoms with Gasteiger partial charge in [-0.15, -0.1) is 0 Å². The van der Waals surface area contributed by atoms with Gasteiger partial charge >= 0.3 is 11.9 Å². The molecule has 40 heavy (non-hydrogen) atoms. The van der Waals surface area contributed by atoms with Crippen LogP contribution in [-0.2, 0) is 36.7 Å². The number of nitrogens with zero attached hydrogens (tertiary/aromatic N) is 1. The Morgan fingerprint density at radius 2 is 1.90 bits per heavy atom.